The maximum atomic E-state index is 12.2. The van der Waals surface area contributed by atoms with Crippen LogP contribution < -0.4 is 16.2 Å². The largest absolute Gasteiger partial charge is 0.350 e. The molecule has 0 bridgehead atoms. The van der Waals surface area contributed by atoms with Crippen molar-refractivity contribution in [1.29, 1.82) is 0 Å². The molecule has 0 aromatic carbocycles. The molecule has 2 aromatic rings. The maximum absolute atomic E-state index is 12.2. The zero-order valence-corrected chi connectivity index (χ0v) is 14.1. The fourth-order valence-electron chi connectivity index (χ4n) is 1.59. The molecule has 0 aliphatic rings. The van der Waals surface area contributed by atoms with Gasteiger partial charge in [-0.15, -0.1) is 0 Å². The van der Waals surface area contributed by atoms with Gasteiger partial charge in [-0.1, -0.05) is 46.4 Å². The Labute approximate surface area is 150 Å². The Bertz CT molecular complexity index is 746. The summed E-state index contributed by atoms with van der Waals surface area (Å²) in [5.41, 5.74) is 7.75. The van der Waals surface area contributed by atoms with Crippen molar-refractivity contribution in [2.24, 2.45) is 5.73 Å². The van der Waals surface area contributed by atoms with Crippen molar-refractivity contribution in [3.8, 4) is 0 Å². The molecule has 0 radical (unpaired) electrons. The van der Waals surface area contributed by atoms with E-state index in [1.165, 1.54) is 24.3 Å². The summed E-state index contributed by atoms with van der Waals surface area (Å²) in [6.45, 7) is 0. The number of pyridine rings is 2. The SMILES string of the molecule is NC(=O)N(NC(=O)c1cc(Cl)nc(Cl)c1)c1cc(Cl)nc(Cl)c1. The first kappa shape index (κ1) is 17.6. The zero-order chi connectivity index (χ0) is 17.1. The van der Waals surface area contributed by atoms with Crippen molar-refractivity contribution in [2.75, 3.05) is 5.01 Å². The normalized spacial score (nSPS) is 10.3. The first-order chi connectivity index (χ1) is 10.8. The molecule has 2 heterocycles. The summed E-state index contributed by atoms with van der Waals surface area (Å²) in [6, 6.07) is 4.17. The van der Waals surface area contributed by atoms with Crippen LogP contribution >= 0.6 is 46.4 Å². The van der Waals surface area contributed by atoms with E-state index in [0.717, 1.165) is 5.01 Å². The Morgan fingerprint density at radius 1 is 0.913 bits per heavy atom. The first-order valence-electron chi connectivity index (χ1n) is 5.83. The molecule has 0 aliphatic carbocycles. The predicted octanol–water partition coefficient (Wildman–Crippen LogP) is 3.32. The Balaban J connectivity index is 2.32. The third-order valence-electron chi connectivity index (χ3n) is 2.46. The number of carbonyl (C=O) groups excluding carboxylic acids is 2. The van der Waals surface area contributed by atoms with Gasteiger partial charge in [0.25, 0.3) is 5.91 Å². The second kappa shape index (κ2) is 7.18. The van der Waals surface area contributed by atoms with Crippen LogP contribution in [0, 0.1) is 0 Å². The Kier molecular flexibility index (Phi) is 5.48. The molecule has 0 saturated carbocycles. The average Bonchev–Trinajstić information content (AvgIpc) is 2.41. The van der Waals surface area contributed by atoms with E-state index in [0.29, 0.717) is 0 Å². The Morgan fingerprint density at radius 3 is 1.78 bits per heavy atom. The van der Waals surface area contributed by atoms with E-state index in [1.54, 1.807) is 0 Å². The number of hydrogen-bond acceptors (Lipinski definition) is 4. The third kappa shape index (κ3) is 4.59. The second-order valence-corrected chi connectivity index (χ2v) is 5.64. The highest BCUT2D eigenvalue weighted by molar-refractivity contribution is 6.33. The summed E-state index contributed by atoms with van der Waals surface area (Å²) in [7, 11) is 0. The summed E-state index contributed by atoms with van der Waals surface area (Å²) in [5, 5.41) is 0.821. The number of rotatable bonds is 2. The minimum atomic E-state index is -0.970. The molecule has 2 aromatic heterocycles. The molecule has 120 valence electrons. The number of nitrogens with zero attached hydrogens (tertiary/aromatic N) is 3. The highest BCUT2D eigenvalue weighted by Crippen LogP contribution is 2.22. The highest BCUT2D eigenvalue weighted by Gasteiger charge is 2.19. The number of urea groups is 1. The number of aromatic nitrogens is 2. The predicted molar refractivity (Wildman–Crippen MR) is 88.0 cm³/mol. The van der Waals surface area contributed by atoms with Crippen LogP contribution in [-0.4, -0.2) is 21.9 Å². The lowest BCUT2D eigenvalue weighted by Gasteiger charge is -2.21. The number of carbonyl (C=O) groups is 2. The van der Waals surface area contributed by atoms with Gasteiger partial charge in [0.15, 0.2) is 0 Å². The number of nitrogens with one attached hydrogen (secondary N) is 1. The van der Waals surface area contributed by atoms with E-state index in [1.807, 2.05) is 0 Å². The van der Waals surface area contributed by atoms with Crippen LogP contribution in [0.15, 0.2) is 24.3 Å². The van der Waals surface area contributed by atoms with Gasteiger partial charge in [-0.2, -0.15) is 0 Å². The molecule has 0 saturated heterocycles. The number of hydrogen-bond donors (Lipinski definition) is 2. The summed E-state index contributed by atoms with van der Waals surface area (Å²) >= 11 is 23.0. The molecular formula is C12H7Cl4N5O2. The summed E-state index contributed by atoms with van der Waals surface area (Å²) in [4.78, 5) is 31.3. The number of nitrogens with two attached hydrogens (primary N) is 1. The fraction of sp³-hybridized carbons (Fsp3) is 0. The number of halogens is 4. The maximum Gasteiger partial charge on any atom is 0.338 e. The van der Waals surface area contributed by atoms with Crippen molar-refractivity contribution in [1.82, 2.24) is 15.4 Å². The van der Waals surface area contributed by atoms with Crippen molar-refractivity contribution >= 4 is 64.0 Å². The van der Waals surface area contributed by atoms with Gasteiger partial charge >= 0.3 is 6.03 Å². The number of hydrazine groups is 1. The molecule has 7 nitrogen and oxygen atoms in total. The minimum absolute atomic E-state index is 0.0167. The van der Waals surface area contributed by atoms with Crippen LogP contribution in [0.1, 0.15) is 10.4 Å². The molecule has 23 heavy (non-hydrogen) atoms. The molecule has 2 rings (SSSR count). The third-order valence-corrected chi connectivity index (χ3v) is 3.24. The van der Waals surface area contributed by atoms with Crippen LogP contribution in [0.25, 0.3) is 0 Å². The van der Waals surface area contributed by atoms with E-state index in [2.05, 4.69) is 15.4 Å². The van der Waals surface area contributed by atoms with Crippen molar-refractivity contribution in [2.45, 2.75) is 0 Å². The lowest BCUT2D eigenvalue weighted by Crippen LogP contribution is -2.49. The van der Waals surface area contributed by atoms with E-state index in [-0.39, 0.29) is 31.9 Å². The quantitative estimate of drug-likeness (QED) is 0.602. The van der Waals surface area contributed by atoms with Crippen LogP contribution in [0.5, 0.6) is 0 Å². The van der Waals surface area contributed by atoms with Gasteiger partial charge in [0.1, 0.15) is 20.6 Å². The van der Waals surface area contributed by atoms with Crippen LogP contribution in [0.3, 0.4) is 0 Å². The summed E-state index contributed by atoms with van der Waals surface area (Å²) in [5.74, 6) is -0.695. The van der Waals surface area contributed by atoms with Gasteiger partial charge in [-0.25, -0.2) is 19.8 Å². The van der Waals surface area contributed by atoms with Crippen LogP contribution in [0.4, 0.5) is 10.5 Å². The molecule has 0 atom stereocenters. The first-order valence-corrected chi connectivity index (χ1v) is 7.34. The topological polar surface area (TPSA) is 101 Å². The lowest BCUT2D eigenvalue weighted by atomic mass is 10.2. The molecule has 0 unspecified atom stereocenters. The molecule has 11 heteroatoms. The van der Waals surface area contributed by atoms with Crippen LogP contribution in [0.2, 0.25) is 20.6 Å². The number of primary amides is 1. The average molecular weight is 395 g/mol. The van der Waals surface area contributed by atoms with Crippen molar-refractivity contribution < 1.29 is 9.59 Å². The van der Waals surface area contributed by atoms with E-state index in [9.17, 15) is 9.59 Å². The van der Waals surface area contributed by atoms with Crippen molar-refractivity contribution in [3.05, 3.63) is 50.4 Å². The second-order valence-electron chi connectivity index (χ2n) is 4.09. The van der Waals surface area contributed by atoms with E-state index >= 15 is 0 Å². The number of anilines is 1. The van der Waals surface area contributed by atoms with Gasteiger partial charge < -0.3 is 5.73 Å². The molecule has 0 aliphatic heterocycles. The lowest BCUT2D eigenvalue weighted by molar-refractivity contribution is 0.0950. The number of amides is 3. The van der Waals surface area contributed by atoms with E-state index in [4.69, 9.17) is 52.1 Å². The molecular weight excluding hydrogens is 388 g/mol. The molecule has 3 N–H and O–H groups in total. The smallest absolute Gasteiger partial charge is 0.338 e. The van der Waals surface area contributed by atoms with Crippen LogP contribution in [-0.2, 0) is 0 Å². The Morgan fingerprint density at radius 2 is 1.35 bits per heavy atom. The van der Waals surface area contributed by atoms with Gasteiger partial charge in [0.05, 0.1) is 5.69 Å². The highest BCUT2D eigenvalue weighted by atomic mass is 35.5. The Hall–Kier alpha value is -1.80. The van der Waals surface area contributed by atoms with Gasteiger partial charge in [-0.3, -0.25) is 10.2 Å². The minimum Gasteiger partial charge on any atom is -0.350 e. The zero-order valence-electron chi connectivity index (χ0n) is 11.1. The van der Waals surface area contributed by atoms with Gasteiger partial charge in [0.2, 0.25) is 0 Å². The van der Waals surface area contributed by atoms with Crippen molar-refractivity contribution in [3.63, 3.8) is 0 Å². The van der Waals surface area contributed by atoms with Gasteiger partial charge in [0, 0.05) is 17.7 Å². The molecule has 3 amide bonds. The summed E-state index contributed by atoms with van der Waals surface area (Å²) < 4.78 is 0. The monoisotopic (exact) mass is 393 g/mol. The summed E-state index contributed by atoms with van der Waals surface area (Å²) in [6.07, 6.45) is 0. The standard InChI is InChI=1S/C12H7Cl4N5O2/c13-7-1-5(2-8(14)18-7)11(22)20-21(12(17)23)6-3-9(15)19-10(16)4-6/h1-4H,(H2,17,23)(H,20,22). The molecule has 0 spiro atoms. The van der Waals surface area contributed by atoms with Gasteiger partial charge in [-0.05, 0) is 12.1 Å². The van der Waals surface area contributed by atoms with E-state index < -0.39 is 11.9 Å². The molecule has 0 fully saturated rings. The fourth-order valence-corrected chi connectivity index (χ4v) is 2.50.